The van der Waals surface area contributed by atoms with E-state index in [1.807, 2.05) is 36.6 Å². The van der Waals surface area contributed by atoms with Gasteiger partial charge in [-0.1, -0.05) is 18.2 Å². The van der Waals surface area contributed by atoms with Gasteiger partial charge in [-0.2, -0.15) is 0 Å². The van der Waals surface area contributed by atoms with Gasteiger partial charge in [-0.3, -0.25) is 4.79 Å². The van der Waals surface area contributed by atoms with Gasteiger partial charge in [-0.15, -0.1) is 11.3 Å². The normalized spacial score (nSPS) is 19.6. The van der Waals surface area contributed by atoms with Crippen molar-refractivity contribution < 1.29 is 13.2 Å². The Morgan fingerprint density at radius 3 is 2.57 bits per heavy atom. The van der Waals surface area contributed by atoms with E-state index in [2.05, 4.69) is 0 Å². The van der Waals surface area contributed by atoms with Gasteiger partial charge in [-0.25, -0.2) is 8.42 Å². The van der Waals surface area contributed by atoms with Crippen LogP contribution in [0.25, 0.3) is 0 Å². The van der Waals surface area contributed by atoms with Crippen LogP contribution in [0.15, 0.2) is 41.8 Å². The van der Waals surface area contributed by atoms with Gasteiger partial charge in [0.2, 0.25) is 0 Å². The van der Waals surface area contributed by atoms with E-state index < -0.39 is 9.84 Å². The molecular weight excluding hydrogens is 330 g/mol. The lowest BCUT2D eigenvalue weighted by atomic mass is 10.1. The third-order valence-corrected chi connectivity index (χ3v) is 6.97. The molecule has 0 N–H and O–H groups in total. The molecular formula is C17H19NO3S2. The van der Waals surface area contributed by atoms with Crippen LogP contribution in [0.5, 0.6) is 0 Å². The first kappa shape index (κ1) is 16.2. The number of carbonyl (C=O) groups is 1. The topological polar surface area (TPSA) is 54.5 Å². The summed E-state index contributed by atoms with van der Waals surface area (Å²) in [5.41, 5.74) is 1.74. The zero-order valence-corrected chi connectivity index (χ0v) is 14.6. The van der Waals surface area contributed by atoms with Crippen molar-refractivity contribution in [1.82, 2.24) is 4.90 Å². The van der Waals surface area contributed by atoms with E-state index in [1.54, 1.807) is 28.4 Å². The molecule has 1 saturated heterocycles. The molecule has 1 aromatic carbocycles. The highest BCUT2D eigenvalue weighted by molar-refractivity contribution is 7.91. The van der Waals surface area contributed by atoms with Crippen LogP contribution in [0, 0.1) is 6.92 Å². The third-order valence-electron chi connectivity index (χ3n) is 4.21. The summed E-state index contributed by atoms with van der Waals surface area (Å²) >= 11 is 1.61. The number of rotatable bonds is 4. The molecule has 4 nitrogen and oxygen atoms in total. The van der Waals surface area contributed by atoms with Crippen molar-refractivity contribution in [2.45, 2.75) is 25.9 Å². The SMILES string of the molecule is Cc1ccsc1CN(C(=O)c1ccccc1)[C@@H]1CCS(=O)(=O)C1. The molecule has 0 radical (unpaired) electrons. The van der Waals surface area contributed by atoms with E-state index in [0.29, 0.717) is 18.5 Å². The number of sulfone groups is 1. The molecule has 1 fully saturated rings. The van der Waals surface area contributed by atoms with Gasteiger partial charge in [0.25, 0.3) is 5.91 Å². The summed E-state index contributed by atoms with van der Waals surface area (Å²) in [5.74, 6) is 0.135. The van der Waals surface area contributed by atoms with Gasteiger partial charge >= 0.3 is 0 Å². The monoisotopic (exact) mass is 349 g/mol. The number of hydrogen-bond acceptors (Lipinski definition) is 4. The first-order chi connectivity index (χ1) is 11.0. The Balaban J connectivity index is 1.90. The van der Waals surface area contributed by atoms with Crippen molar-refractivity contribution in [3.63, 3.8) is 0 Å². The molecule has 0 saturated carbocycles. The Morgan fingerprint density at radius 1 is 1.26 bits per heavy atom. The lowest BCUT2D eigenvalue weighted by molar-refractivity contribution is 0.0683. The molecule has 122 valence electrons. The molecule has 2 aromatic rings. The first-order valence-electron chi connectivity index (χ1n) is 7.56. The highest BCUT2D eigenvalue weighted by Crippen LogP contribution is 2.25. The van der Waals surface area contributed by atoms with Crippen molar-refractivity contribution in [1.29, 1.82) is 0 Å². The first-order valence-corrected chi connectivity index (χ1v) is 10.3. The fraction of sp³-hybridized carbons (Fsp3) is 0.353. The smallest absolute Gasteiger partial charge is 0.254 e. The fourth-order valence-electron chi connectivity index (χ4n) is 2.86. The molecule has 6 heteroatoms. The van der Waals surface area contributed by atoms with E-state index in [1.165, 1.54) is 0 Å². The molecule has 1 atom stereocenters. The highest BCUT2D eigenvalue weighted by Gasteiger charge is 2.35. The lowest BCUT2D eigenvalue weighted by Gasteiger charge is -2.28. The van der Waals surface area contributed by atoms with Gasteiger partial charge in [0, 0.05) is 16.5 Å². The van der Waals surface area contributed by atoms with Crippen LogP contribution in [0.2, 0.25) is 0 Å². The van der Waals surface area contributed by atoms with Crippen LogP contribution in [-0.2, 0) is 16.4 Å². The molecule has 0 aliphatic carbocycles. The fourth-order valence-corrected chi connectivity index (χ4v) is 5.49. The second kappa shape index (κ2) is 6.45. The average Bonchev–Trinajstić information content (AvgIpc) is 3.10. The Kier molecular flexibility index (Phi) is 4.55. The minimum absolute atomic E-state index is 0.0655. The maximum atomic E-state index is 12.9. The van der Waals surface area contributed by atoms with Crippen LogP contribution in [0.3, 0.4) is 0 Å². The summed E-state index contributed by atoms with van der Waals surface area (Å²) in [6.07, 6.45) is 0.519. The van der Waals surface area contributed by atoms with Crippen LogP contribution in [0.1, 0.15) is 27.2 Å². The van der Waals surface area contributed by atoms with Gasteiger partial charge in [0.15, 0.2) is 9.84 Å². The summed E-state index contributed by atoms with van der Waals surface area (Å²) in [6.45, 7) is 2.49. The standard InChI is InChI=1S/C17H19NO3S2/c1-13-7-9-22-16(13)11-18(15-8-10-23(20,21)12-15)17(19)14-5-3-2-4-6-14/h2-7,9,15H,8,10-12H2,1H3/t15-/m1/s1. The van der Waals surface area contributed by atoms with Gasteiger partial charge in [0.1, 0.15) is 0 Å². The summed E-state index contributed by atoms with van der Waals surface area (Å²) in [7, 11) is -3.04. The lowest BCUT2D eigenvalue weighted by Crippen LogP contribution is -2.40. The second-order valence-corrected chi connectivity index (χ2v) is 9.11. The van der Waals surface area contributed by atoms with Crippen molar-refractivity contribution in [3.8, 4) is 0 Å². The molecule has 1 amide bonds. The Bertz CT molecular complexity index is 796. The molecule has 3 rings (SSSR count). The van der Waals surface area contributed by atoms with Crippen molar-refractivity contribution in [3.05, 3.63) is 57.8 Å². The number of thiophene rings is 1. The molecule has 0 bridgehead atoms. The van der Waals surface area contributed by atoms with Crippen LogP contribution >= 0.6 is 11.3 Å². The molecule has 0 spiro atoms. The van der Waals surface area contributed by atoms with E-state index in [-0.39, 0.29) is 23.5 Å². The molecule has 1 aliphatic heterocycles. The molecule has 23 heavy (non-hydrogen) atoms. The van der Waals surface area contributed by atoms with Gasteiger partial charge in [-0.05, 0) is 42.5 Å². The van der Waals surface area contributed by atoms with Crippen molar-refractivity contribution in [2.24, 2.45) is 0 Å². The highest BCUT2D eigenvalue weighted by atomic mass is 32.2. The van der Waals surface area contributed by atoms with Gasteiger partial charge < -0.3 is 4.90 Å². The number of carbonyl (C=O) groups excluding carboxylic acids is 1. The van der Waals surface area contributed by atoms with E-state index in [4.69, 9.17) is 0 Å². The number of amides is 1. The average molecular weight is 349 g/mol. The Morgan fingerprint density at radius 2 is 2.00 bits per heavy atom. The molecule has 1 aromatic heterocycles. The van der Waals surface area contributed by atoms with E-state index >= 15 is 0 Å². The maximum Gasteiger partial charge on any atom is 0.254 e. The third kappa shape index (κ3) is 3.64. The summed E-state index contributed by atoms with van der Waals surface area (Å²) < 4.78 is 23.7. The molecule has 2 heterocycles. The number of hydrogen-bond donors (Lipinski definition) is 0. The number of aryl methyl sites for hydroxylation is 1. The van der Waals surface area contributed by atoms with E-state index in [0.717, 1.165) is 10.4 Å². The molecule has 0 unspecified atom stereocenters. The van der Waals surface area contributed by atoms with Gasteiger partial charge in [0.05, 0.1) is 18.1 Å². The van der Waals surface area contributed by atoms with Crippen molar-refractivity contribution >= 4 is 27.1 Å². The Hall–Kier alpha value is -1.66. The summed E-state index contributed by atoms with van der Waals surface area (Å²) in [5, 5.41) is 2.00. The van der Waals surface area contributed by atoms with Crippen molar-refractivity contribution in [2.75, 3.05) is 11.5 Å². The predicted molar refractivity (Wildman–Crippen MR) is 92.4 cm³/mol. The quantitative estimate of drug-likeness (QED) is 0.853. The van der Waals surface area contributed by atoms with Crippen LogP contribution in [-0.4, -0.2) is 36.8 Å². The van der Waals surface area contributed by atoms with E-state index in [9.17, 15) is 13.2 Å². The zero-order chi connectivity index (χ0) is 16.4. The summed E-state index contributed by atoms with van der Waals surface area (Å²) in [4.78, 5) is 15.8. The maximum absolute atomic E-state index is 12.9. The van der Waals surface area contributed by atoms with Crippen LogP contribution in [0.4, 0.5) is 0 Å². The second-order valence-electron chi connectivity index (χ2n) is 5.88. The zero-order valence-electron chi connectivity index (χ0n) is 12.9. The van der Waals surface area contributed by atoms with Crippen LogP contribution < -0.4 is 0 Å². The Labute approximate surface area is 140 Å². The minimum atomic E-state index is -3.04. The molecule has 1 aliphatic rings. The minimum Gasteiger partial charge on any atom is -0.329 e. The predicted octanol–water partition coefficient (Wildman–Crippen LogP) is 2.89. The number of nitrogens with zero attached hydrogens (tertiary/aromatic N) is 1. The number of benzene rings is 1. The largest absolute Gasteiger partial charge is 0.329 e. The summed E-state index contributed by atoms with van der Waals surface area (Å²) in [6, 6.07) is 10.9.